The van der Waals surface area contributed by atoms with Gasteiger partial charge in [0, 0.05) is 29.5 Å². The Kier molecular flexibility index (Phi) is 4.75. The fourth-order valence-corrected chi connectivity index (χ4v) is 2.99. The molecule has 4 aromatic rings. The van der Waals surface area contributed by atoms with E-state index in [9.17, 15) is 0 Å². The summed E-state index contributed by atoms with van der Waals surface area (Å²) in [6, 6.07) is 13.3. The number of aryl methyl sites for hydroxylation is 2. The maximum atomic E-state index is 5.94. The third-order valence-electron chi connectivity index (χ3n) is 4.29. The van der Waals surface area contributed by atoms with E-state index < -0.39 is 0 Å². The highest BCUT2D eigenvalue weighted by atomic mass is 35.5. The van der Waals surface area contributed by atoms with Crippen molar-refractivity contribution in [3.05, 3.63) is 65.7 Å². The minimum atomic E-state index is 0.602. The molecular weight excluding hydrogens is 376 g/mol. The van der Waals surface area contributed by atoms with Crippen LogP contribution in [0.25, 0.3) is 17.1 Å². The highest BCUT2D eigenvalue weighted by Crippen LogP contribution is 2.29. The van der Waals surface area contributed by atoms with Crippen molar-refractivity contribution in [3.63, 3.8) is 0 Å². The third kappa shape index (κ3) is 3.57. The van der Waals surface area contributed by atoms with Crippen LogP contribution in [0.2, 0.25) is 5.02 Å². The molecule has 0 radical (unpaired) electrons. The molecule has 0 saturated carbocycles. The lowest BCUT2D eigenvalue weighted by Gasteiger charge is -2.10. The number of rotatable bonds is 5. The molecule has 0 unspecified atom stereocenters. The first-order chi connectivity index (χ1) is 13.5. The van der Waals surface area contributed by atoms with Crippen LogP contribution in [-0.2, 0) is 7.05 Å². The van der Waals surface area contributed by atoms with Crippen molar-refractivity contribution >= 4 is 23.2 Å². The van der Waals surface area contributed by atoms with Gasteiger partial charge in [-0.3, -0.25) is 0 Å². The van der Waals surface area contributed by atoms with Crippen molar-refractivity contribution in [1.82, 2.24) is 24.3 Å². The quantitative estimate of drug-likeness (QED) is 0.544. The smallest absolute Gasteiger partial charge is 0.225 e. The van der Waals surface area contributed by atoms with Gasteiger partial charge in [0.2, 0.25) is 5.95 Å². The van der Waals surface area contributed by atoms with Crippen LogP contribution < -0.4 is 10.1 Å². The lowest BCUT2D eigenvalue weighted by Crippen LogP contribution is -1.99. The molecule has 0 aliphatic heterocycles. The summed E-state index contributed by atoms with van der Waals surface area (Å²) in [6.45, 7) is 1.95. The summed E-state index contributed by atoms with van der Waals surface area (Å²) in [5.74, 6) is 1.95. The van der Waals surface area contributed by atoms with Gasteiger partial charge in [0.15, 0.2) is 5.82 Å². The van der Waals surface area contributed by atoms with Crippen molar-refractivity contribution < 1.29 is 4.74 Å². The second-order valence-electron chi connectivity index (χ2n) is 6.32. The fraction of sp³-hybridized carbons (Fsp3) is 0.150. The molecule has 7 nitrogen and oxygen atoms in total. The van der Waals surface area contributed by atoms with Gasteiger partial charge in [0.25, 0.3) is 0 Å². The van der Waals surface area contributed by atoms with Crippen LogP contribution >= 0.6 is 11.6 Å². The van der Waals surface area contributed by atoms with Crippen LogP contribution in [0, 0.1) is 6.92 Å². The van der Waals surface area contributed by atoms with Crippen molar-refractivity contribution in [2.75, 3.05) is 12.4 Å². The molecular formula is C20H19ClN6O. The second kappa shape index (κ2) is 7.36. The Labute approximate surface area is 167 Å². The van der Waals surface area contributed by atoms with Gasteiger partial charge in [-0.1, -0.05) is 11.6 Å². The third-order valence-corrected chi connectivity index (χ3v) is 4.54. The van der Waals surface area contributed by atoms with Crippen LogP contribution in [0.3, 0.4) is 0 Å². The largest absolute Gasteiger partial charge is 0.495 e. The number of imidazole rings is 1. The maximum absolute atomic E-state index is 5.94. The molecule has 8 heteroatoms. The summed E-state index contributed by atoms with van der Waals surface area (Å²) in [6.07, 6.45) is 3.71. The van der Waals surface area contributed by atoms with Gasteiger partial charge < -0.3 is 14.6 Å². The normalized spacial score (nSPS) is 10.9. The van der Waals surface area contributed by atoms with Crippen LogP contribution in [0.4, 0.5) is 11.6 Å². The van der Waals surface area contributed by atoms with Crippen molar-refractivity contribution in [2.45, 2.75) is 6.92 Å². The summed E-state index contributed by atoms with van der Waals surface area (Å²) >= 11 is 5.94. The summed E-state index contributed by atoms with van der Waals surface area (Å²) in [7, 11) is 3.49. The molecule has 4 rings (SSSR count). The molecule has 0 spiro atoms. The second-order valence-corrected chi connectivity index (χ2v) is 6.76. The number of hydrogen-bond acceptors (Lipinski definition) is 5. The number of ether oxygens (including phenoxy) is 1. The number of methoxy groups -OCH3 is 1. The number of nitrogens with one attached hydrogen (secondary N) is 1. The van der Waals surface area contributed by atoms with Gasteiger partial charge in [-0.25, -0.2) is 9.67 Å². The first-order valence-electron chi connectivity index (χ1n) is 8.66. The van der Waals surface area contributed by atoms with E-state index >= 15 is 0 Å². The maximum Gasteiger partial charge on any atom is 0.225 e. The Morgan fingerprint density at radius 1 is 1.11 bits per heavy atom. The van der Waals surface area contributed by atoms with E-state index in [4.69, 9.17) is 16.3 Å². The van der Waals surface area contributed by atoms with E-state index in [2.05, 4.69) is 20.4 Å². The lowest BCUT2D eigenvalue weighted by molar-refractivity contribution is 0.413. The number of halogens is 1. The number of anilines is 2. The topological polar surface area (TPSA) is 69.8 Å². The zero-order valence-corrected chi connectivity index (χ0v) is 16.5. The van der Waals surface area contributed by atoms with Crippen LogP contribution in [0.5, 0.6) is 5.75 Å². The zero-order chi connectivity index (χ0) is 19.7. The number of benzene rings is 2. The molecule has 0 atom stereocenters. The standard InChI is InChI=1S/C20H19ClN6O/c1-13-11-27(12-22-13)17-9-4-14(10-18(17)28-3)19-24-20(26(2)25-19)23-16-7-5-15(21)6-8-16/h4-12H,1-3H3,(H,23,24,25). The van der Waals surface area contributed by atoms with Crippen molar-refractivity contribution in [3.8, 4) is 22.8 Å². The molecule has 0 amide bonds. The van der Waals surface area contributed by atoms with E-state index in [1.807, 2.05) is 67.2 Å². The first kappa shape index (κ1) is 18.1. The summed E-state index contributed by atoms with van der Waals surface area (Å²) < 4.78 is 9.20. The monoisotopic (exact) mass is 394 g/mol. The number of aromatic nitrogens is 5. The summed E-state index contributed by atoms with van der Waals surface area (Å²) in [5, 5.41) is 8.45. The first-order valence-corrected chi connectivity index (χ1v) is 9.04. The molecule has 0 fully saturated rings. The molecule has 28 heavy (non-hydrogen) atoms. The Hall–Kier alpha value is -3.32. The van der Waals surface area contributed by atoms with Gasteiger partial charge in [0.1, 0.15) is 5.75 Å². The lowest BCUT2D eigenvalue weighted by atomic mass is 10.1. The van der Waals surface area contributed by atoms with E-state index in [0.717, 1.165) is 28.4 Å². The van der Waals surface area contributed by atoms with E-state index in [-0.39, 0.29) is 0 Å². The number of hydrogen-bond donors (Lipinski definition) is 1. The van der Waals surface area contributed by atoms with Gasteiger partial charge >= 0.3 is 0 Å². The highest BCUT2D eigenvalue weighted by Gasteiger charge is 2.13. The predicted molar refractivity (Wildman–Crippen MR) is 110 cm³/mol. The van der Waals surface area contributed by atoms with Gasteiger partial charge in [0.05, 0.1) is 24.8 Å². The Morgan fingerprint density at radius 3 is 2.57 bits per heavy atom. The molecule has 2 aromatic carbocycles. The molecule has 2 aromatic heterocycles. The van der Waals surface area contributed by atoms with Gasteiger partial charge in [-0.05, 0) is 49.4 Å². The van der Waals surface area contributed by atoms with Crippen LogP contribution in [0.15, 0.2) is 55.0 Å². The van der Waals surface area contributed by atoms with Crippen LogP contribution in [-0.4, -0.2) is 31.4 Å². The van der Waals surface area contributed by atoms with E-state index in [1.54, 1.807) is 18.1 Å². The average molecular weight is 395 g/mol. The highest BCUT2D eigenvalue weighted by molar-refractivity contribution is 6.30. The fourth-order valence-electron chi connectivity index (χ4n) is 2.86. The molecule has 1 N–H and O–H groups in total. The van der Waals surface area contributed by atoms with Crippen LogP contribution in [0.1, 0.15) is 5.69 Å². The molecule has 0 aliphatic carbocycles. The van der Waals surface area contributed by atoms with E-state index in [0.29, 0.717) is 16.8 Å². The molecule has 2 heterocycles. The molecule has 0 aliphatic rings. The Bertz CT molecular complexity index is 1120. The van der Waals surface area contributed by atoms with Crippen molar-refractivity contribution in [1.29, 1.82) is 0 Å². The molecule has 0 bridgehead atoms. The minimum absolute atomic E-state index is 0.602. The van der Waals surface area contributed by atoms with Crippen molar-refractivity contribution in [2.24, 2.45) is 7.05 Å². The minimum Gasteiger partial charge on any atom is -0.495 e. The molecule has 142 valence electrons. The Balaban J connectivity index is 1.65. The Morgan fingerprint density at radius 2 is 1.89 bits per heavy atom. The predicted octanol–water partition coefficient (Wildman–Crippen LogP) is 4.38. The molecule has 0 saturated heterocycles. The van der Waals surface area contributed by atoms with E-state index in [1.165, 1.54) is 0 Å². The zero-order valence-electron chi connectivity index (χ0n) is 15.7. The average Bonchev–Trinajstić information content (AvgIpc) is 3.29. The summed E-state index contributed by atoms with van der Waals surface area (Å²) in [4.78, 5) is 8.88. The van der Waals surface area contributed by atoms with Gasteiger partial charge in [-0.15, -0.1) is 5.10 Å². The number of nitrogens with zero attached hydrogens (tertiary/aromatic N) is 5. The SMILES string of the molecule is COc1cc(-c2nc(Nc3ccc(Cl)cc3)n(C)n2)ccc1-n1cnc(C)c1. The van der Waals surface area contributed by atoms with Gasteiger partial charge in [-0.2, -0.15) is 4.98 Å². The summed E-state index contributed by atoms with van der Waals surface area (Å²) in [5.41, 5.74) is 3.59.